The van der Waals surface area contributed by atoms with Crippen LogP contribution >= 0.6 is 23.2 Å². The molecule has 1 fully saturated rings. The van der Waals surface area contributed by atoms with E-state index >= 15 is 0 Å². The quantitative estimate of drug-likeness (QED) is 0.794. The molecule has 0 aromatic heterocycles. The summed E-state index contributed by atoms with van der Waals surface area (Å²) in [7, 11) is 1.54. The van der Waals surface area contributed by atoms with Crippen molar-refractivity contribution in [2.45, 2.75) is 18.9 Å². The Hall–Kier alpha value is -0.600. The Balaban J connectivity index is 2.25. The minimum absolute atomic E-state index is 0.343. The van der Waals surface area contributed by atoms with Gasteiger partial charge < -0.3 is 9.47 Å². The van der Waals surface area contributed by atoms with Crippen LogP contribution in [0.3, 0.4) is 0 Å². The summed E-state index contributed by atoms with van der Waals surface area (Å²) in [6.07, 6.45) is 2.57. The molecule has 0 amide bonds. The van der Waals surface area contributed by atoms with Gasteiger partial charge in [0.25, 0.3) is 0 Å². The summed E-state index contributed by atoms with van der Waals surface area (Å²) in [6.45, 7) is 0. The third-order valence-corrected chi connectivity index (χ3v) is 2.56. The van der Waals surface area contributed by atoms with E-state index in [2.05, 4.69) is 0 Å². The summed E-state index contributed by atoms with van der Waals surface area (Å²) in [5.74, 6) is 1.21. The average molecular weight is 233 g/mol. The van der Waals surface area contributed by atoms with Crippen LogP contribution in [0.2, 0.25) is 10.0 Å². The maximum absolute atomic E-state index is 5.95. The molecule has 0 unspecified atom stereocenters. The molecule has 0 heterocycles. The molecule has 0 bridgehead atoms. The van der Waals surface area contributed by atoms with Gasteiger partial charge >= 0.3 is 0 Å². The highest BCUT2D eigenvalue weighted by molar-refractivity contribution is 6.37. The first-order valence-corrected chi connectivity index (χ1v) is 5.16. The van der Waals surface area contributed by atoms with E-state index in [0.29, 0.717) is 27.6 Å². The van der Waals surface area contributed by atoms with Gasteiger partial charge in [0.2, 0.25) is 0 Å². The first-order chi connectivity index (χ1) is 6.70. The lowest BCUT2D eigenvalue weighted by Crippen LogP contribution is -1.96. The fraction of sp³-hybridized carbons (Fsp3) is 0.400. The van der Waals surface area contributed by atoms with Crippen LogP contribution in [0.25, 0.3) is 0 Å². The van der Waals surface area contributed by atoms with Crippen LogP contribution in [0.5, 0.6) is 11.5 Å². The van der Waals surface area contributed by atoms with Crippen LogP contribution in [-0.2, 0) is 0 Å². The lowest BCUT2D eigenvalue weighted by atomic mass is 10.3. The van der Waals surface area contributed by atoms with Gasteiger partial charge in [-0.1, -0.05) is 23.2 Å². The van der Waals surface area contributed by atoms with Crippen LogP contribution in [0.1, 0.15) is 12.8 Å². The van der Waals surface area contributed by atoms with Gasteiger partial charge in [0.15, 0.2) is 5.75 Å². The summed E-state index contributed by atoms with van der Waals surface area (Å²) < 4.78 is 10.6. The number of halogens is 2. The maximum atomic E-state index is 5.95. The molecule has 0 N–H and O–H groups in total. The molecule has 0 atom stereocenters. The third kappa shape index (κ3) is 2.07. The Bertz CT molecular complexity index is 325. The smallest absolute Gasteiger partial charge is 0.156 e. The molecule has 2 rings (SSSR count). The minimum atomic E-state index is 0.343. The number of rotatable bonds is 3. The van der Waals surface area contributed by atoms with Crippen molar-refractivity contribution >= 4 is 23.2 Å². The fourth-order valence-corrected chi connectivity index (χ4v) is 1.80. The molecule has 1 aliphatic carbocycles. The van der Waals surface area contributed by atoms with E-state index in [1.54, 1.807) is 12.1 Å². The molecule has 0 saturated heterocycles. The number of hydrogen-bond acceptors (Lipinski definition) is 2. The van der Waals surface area contributed by atoms with Gasteiger partial charge in [-0.05, 0) is 12.8 Å². The first-order valence-electron chi connectivity index (χ1n) is 4.40. The van der Waals surface area contributed by atoms with Gasteiger partial charge in [0.05, 0.1) is 23.3 Å². The van der Waals surface area contributed by atoms with E-state index in [4.69, 9.17) is 32.7 Å². The van der Waals surface area contributed by atoms with Crippen molar-refractivity contribution < 1.29 is 9.47 Å². The van der Waals surface area contributed by atoms with Gasteiger partial charge in [-0.15, -0.1) is 0 Å². The Labute approximate surface area is 92.7 Å². The second-order valence-electron chi connectivity index (χ2n) is 3.24. The van der Waals surface area contributed by atoms with Crippen molar-refractivity contribution in [1.82, 2.24) is 0 Å². The molecule has 1 aromatic rings. The van der Waals surface area contributed by atoms with Gasteiger partial charge in [-0.2, -0.15) is 0 Å². The zero-order chi connectivity index (χ0) is 10.1. The molecular weight excluding hydrogens is 223 g/mol. The first kappa shape index (κ1) is 9.94. The normalized spacial score (nSPS) is 15.4. The van der Waals surface area contributed by atoms with Gasteiger partial charge in [0.1, 0.15) is 5.75 Å². The fourth-order valence-electron chi connectivity index (χ4n) is 1.18. The molecule has 0 radical (unpaired) electrons. The van der Waals surface area contributed by atoms with Crippen molar-refractivity contribution in [2.24, 2.45) is 0 Å². The molecule has 0 aliphatic heterocycles. The zero-order valence-electron chi connectivity index (χ0n) is 7.72. The molecular formula is C10H10Cl2O2. The highest BCUT2D eigenvalue weighted by Gasteiger charge is 2.24. The monoisotopic (exact) mass is 232 g/mol. The SMILES string of the molecule is COc1c(Cl)cc(OC2CC2)cc1Cl. The van der Waals surface area contributed by atoms with Gasteiger partial charge in [-0.3, -0.25) is 0 Å². The van der Waals surface area contributed by atoms with E-state index in [1.165, 1.54) is 7.11 Å². The second kappa shape index (κ2) is 3.87. The molecule has 2 nitrogen and oxygen atoms in total. The molecule has 14 heavy (non-hydrogen) atoms. The highest BCUT2D eigenvalue weighted by Crippen LogP contribution is 2.38. The minimum Gasteiger partial charge on any atom is -0.494 e. The van der Waals surface area contributed by atoms with E-state index < -0.39 is 0 Å². The number of methoxy groups -OCH3 is 1. The van der Waals surface area contributed by atoms with Crippen molar-refractivity contribution in [3.8, 4) is 11.5 Å². The predicted molar refractivity (Wildman–Crippen MR) is 56.7 cm³/mol. The van der Waals surface area contributed by atoms with E-state index in [1.807, 2.05) is 0 Å². The standard InChI is InChI=1S/C10H10Cl2O2/c1-13-10-8(11)4-7(5-9(10)12)14-6-2-3-6/h4-6H,2-3H2,1H3. The van der Waals surface area contributed by atoms with Gasteiger partial charge in [0, 0.05) is 12.1 Å². The van der Waals surface area contributed by atoms with Crippen molar-refractivity contribution in [3.05, 3.63) is 22.2 Å². The molecule has 1 saturated carbocycles. The van der Waals surface area contributed by atoms with Crippen LogP contribution < -0.4 is 9.47 Å². The second-order valence-corrected chi connectivity index (χ2v) is 4.05. The van der Waals surface area contributed by atoms with Gasteiger partial charge in [-0.25, -0.2) is 0 Å². The lowest BCUT2D eigenvalue weighted by Gasteiger charge is -2.09. The van der Waals surface area contributed by atoms with Crippen LogP contribution in [0.15, 0.2) is 12.1 Å². The number of hydrogen-bond donors (Lipinski definition) is 0. The number of benzene rings is 1. The van der Waals surface area contributed by atoms with Crippen molar-refractivity contribution in [3.63, 3.8) is 0 Å². The zero-order valence-corrected chi connectivity index (χ0v) is 9.23. The predicted octanol–water partition coefficient (Wildman–Crippen LogP) is 3.54. The van der Waals surface area contributed by atoms with Crippen LogP contribution in [-0.4, -0.2) is 13.2 Å². The average Bonchev–Trinajstić information content (AvgIpc) is 2.87. The maximum Gasteiger partial charge on any atom is 0.156 e. The third-order valence-electron chi connectivity index (χ3n) is 2.00. The largest absolute Gasteiger partial charge is 0.494 e. The summed E-state index contributed by atoms with van der Waals surface area (Å²) in [6, 6.07) is 3.45. The van der Waals surface area contributed by atoms with E-state index in [-0.39, 0.29) is 0 Å². The summed E-state index contributed by atoms with van der Waals surface area (Å²) in [4.78, 5) is 0. The molecule has 4 heteroatoms. The summed E-state index contributed by atoms with van der Waals surface area (Å²) in [5, 5.41) is 0.964. The Morgan fingerprint density at radius 3 is 2.21 bits per heavy atom. The highest BCUT2D eigenvalue weighted by atomic mass is 35.5. The molecule has 1 aromatic carbocycles. The Morgan fingerprint density at radius 2 is 1.79 bits per heavy atom. The molecule has 76 valence electrons. The van der Waals surface area contributed by atoms with Crippen molar-refractivity contribution in [1.29, 1.82) is 0 Å². The summed E-state index contributed by atoms with van der Waals surface area (Å²) in [5.41, 5.74) is 0. The topological polar surface area (TPSA) is 18.5 Å². The number of ether oxygens (including phenoxy) is 2. The van der Waals surface area contributed by atoms with Crippen LogP contribution in [0.4, 0.5) is 0 Å². The van der Waals surface area contributed by atoms with Crippen LogP contribution in [0, 0.1) is 0 Å². The summed E-state index contributed by atoms with van der Waals surface area (Å²) >= 11 is 11.9. The Morgan fingerprint density at radius 1 is 1.21 bits per heavy atom. The molecule has 1 aliphatic rings. The molecule has 0 spiro atoms. The van der Waals surface area contributed by atoms with E-state index in [0.717, 1.165) is 12.8 Å². The lowest BCUT2D eigenvalue weighted by molar-refractivity contribution is 0.302. The van der Waals surface area contributed by atoms with Crippen molar-refractivity contribution in [2.75, 3.05) is 7.11 Å². The van der Waals surface area contributed by atoms with E-state index in [9.17, 15) is 0 Å². The Kier molecular flexibility index (Phi) is 2.75.